The van der Waals surface area contributed by atoms with Crippen LogP contribution in [0.2, 0.25) is 0 Å². The maximum Gasteiger partial charge on any atom is 0.0701 e. The molecule has 0 aliphatic rings. The number of nitrogens with one attached hydrogen (secondary N) is 1. The zero-order valence-electron chi connectivity index (χ0n) is 8.94. The second-order valence-corrected chi connectivity index (χ2v) is 2.93. The molecule has 5 nitrogen and oxygen atoms in total. The minimum atomic E-state index is 0.552. The largest absolute Gasteiger partial charge is 0.380 e. The predicted octanol–water partition coefficient (Wildman–Crippen LogP) is -0.458. The summed E-state index contributed by atoms with van der Waals surface area (Å²) in [6.45, 7) is 4.87. The molecule has 0 fully saturated rings. The number of nitrogens with two attached hydrogens (primary N) is 1. The van der Waals surface area contributed by atoms with Crippen molar-refractivity contribution in [2.24, 2.45) is 5.73 Å². The Balaban J connectivity index is 2.83. The molecular formula is C9H20N2O3S. The van der Waals surface area contributed by atoms with Gasteiger partial charge in [0.2, 0.25) is 0 Å². The zero-order valence-corrected chi connectivity index (χ0v) is 9.76. The number of hydrogen-bond acceptors (Lipinski definition) is 5. The highest BCUT2D eigenvalue weighted by Gasteiger charge is 1.90. The van der Waals surface area contributed by atoms with Crippen LogP contribution >= 0.6 is 12.2 Å². The van der Waals surface area contributed by atoms with Crippen molar-refractivity contribution in [3.8, 4) is 0 Å². The number of rotatable bonds is 12. The number of ether oxygens (including phenoxy) is 3. The van der Waals surface area contributed by atoms with E-state index in [-0.39, 0.29) is 0 Å². The highest BCUT2D eigenvalue weighted by molar-refractivity contribution is 7.78. The Morgan fingerprint density at radius 3 is 2.00 bits per heavy atom. The van der Waals surface area contributed by atoms with E-state index in [2.05, 4.69) is 17.5 Å². The lowest BCUT2D eigenvalue weighted by Gasteiger charge is -2.06. The highest BCUT2D eigenvalue weighted by Crippen LogP contribution is 1.80. The predicted molar refractivity (Wildman–Crippen MR) is 63.2 cm³/mol. The van der Waals surface area contributed by atoms with Crippen LogP contribution in [0.5, 0.6) is 0 Å². The maximum atomic E-state index is 5.25. The van der Waals surface area contributed by atoms with Gasteiger partial charge in [-0.2, -0.15) is 0 Å². The van der Waals surface area contributed by atoms with E-state index >= 15 is 0 Å². The molecule has 0 rings (SSSR count). The van der Waals surface area contributed by atoms with E-state index < -0.39 is 0 Å². The molecule has 0 amide bonds. The van der Waals surface area contributed by atoms with Crippen LogP contribution in [0.1, 0.15) is 0 Å². The molecule has 0 saturated heterocycles. The van der Waals surface area contributed by atoms with Crippen molar-refractivity contribution in [1.29, 1.82) is 0 Å². The highest BCUT2D eigenvalue weighted by atomic mass is 32.1. The van der Waals surface area contributed by atoms with Gasteiger partial charge in [-0.1, -0.05) is 12.2 Å². The van der Waals surface area contributed by atoms with Gasteiger partial charge in [0.1, 0.15) is 0 Å². The second-order valence-electron chi connectivity index (χ2n) is 2.70. The van der Waals surface area contributed by atoms with Gasteiger partial charge in [0.15, 0.2) is 0 Å². The molecule has 0 aliphatic carbocycles. The van der Waals surface area contributed by atoms with Gasteiger partial charge in [-0.05, 0) is 0 Å². The third kappa shape index (κ3) is 13.7. The van der Waals surface area contributed by atoms with Gasteiger partial charge in [-0.25, -0.2) is 0 Å². The van der Waals surface area contributed by atoms with Gasteiger partial charge < -0.3 is 25.3 Å². The molecule has 0 aromatic heterocycles. The lowest BCUT2D eigenvalue weighted by atomic mass is 10.6. The Morgan fingerprint density at radius 1 is 0.933 bits per heavy atom. The van der Waals surface area contributed by atoms with Crippen LogP contribution in [0, 0.1) is 0 Å². The van der Waals surface area contributed by atoms with Crippen molar-refractivity contribution in [3.63, 3.8) is 0 Å². The molecule has 6 heteroatoms. The molecule has 0 unspecified atom stereocenters. The van der Waals surface area contributed by atoms with Gasteiger partial charge in [0.25, 0.3) is 0 Å². The minimum absolute atomic E-state index is 0.552. The summed E-state index contributed by atoms with van der Waals surface area (Å²) in [5, 5.41) is 2.87. The molecule has 90 valence electrons. The maximum absolute atomic E-state index is 5.25. The average molecular weight is 236 g/mol. The number of hydrogen-bond donors (Lipinski definition) is 2. The summed E-state index contributed by atoms with van der Waals surface area (Å²) in [5.74, 6) is 0. The summed E-state index contributed by atoms with van der Waals surface area (Å²) in [7, 11) is 0. The van der Waals surface area contributed by atoms with Crippen molar-refractivity contribution >= 4 is 17.7 Å². The molecule has 0 radical (unpaired) electrons. The molecular weight excluding hydrogens is 216 g/mol. The van der Waals surface area contributed by atoms with Crippen molar-refractivity contribution in [2.75, 3.05) is 52.7 Å². The monoisotopic (exact) mass is 236 g/mol. The second kappa shape index (κ2) is 13.7. The topological polar surface area (TPSA) is 65.7 Å². The van der Waals surface area contributed by atoms with E-state index in [1.807, 2.05) is 0 Å². The lowest BCUT2D eigenvalue weighted by Crippen LogP contribution is -2.18. The molecule has 0 bridgehead atoms. The molecule has 0 saturated carbocycles. The Morgan fingerprint density at radius 2 is 1.47 bits per heavy atom. The van der Waals surface area contributed by atoms with E-state index in [0.29, 0.717) is 46.2 Å². The third-order valence-corrected chi connectivity index (χ3v) is 1.65. The van der Waals surface area contributed by atoms with E-state index in [0.717, 1.165) is 6.54 Å². The Kier molecular flexibility index (Phi) is 13.5. The first-order valence-corrected chi connectivity index (χ1v) is 5.49. The van der Waals surface area contributed by atoms with E-state index in [1.165, 1.54) is 5.49 Å². The zero-order chi connectivity index (χ0) is 11.2. The molecule has 0 aromatic rings. The van der Waals surface area contributed by atoms with Gasteiger partial charge in [0, 0.05) is 13.1 Å². The van der Waals surface area contributed by atoms with Crippen molar-refractivity contribution in [3.05, 3.63) is 0 Å². The van der Waals surface area contributed by atoms with Gasteiger partial charge >= 0.3 is 0 Å². The molecule has 0 atom stereocenters. The van der Waals surface area contributed by atoms with Gasteiger partial charge in [0.05, 0.1) is 45.1 Å². The average Bonchev–Trinajstić information content (AvgIpc) is 2.26. The fourth-order valence-electron chi connectivity index (χ4n) is 0.815. The Bertz CT molecular complexity index is 139. The fourth-order valence-corrected chi connectivity index (χ4v) is 0.933. The molecule has 3 N–H and O–H groups in total. The normalized spacial score (nSPS) is 10.2. The van der Waals surface area contributed by atoms with Gasteiger partial charge in [-0.15, -0.1) is 0 Å². The summed E-state index contributed by atoms with van der Waals surface area (Å²) in [5.41, 5.74) is 6.73. The molecule has 15 heavy (non-hydrogen) atoms. The number of thiocarbonyl (C=S) groups is 1. The van der Waals surface area contributed by atoms with Crippen LogP contribution in [0.3, 0.4) is 0 Å². The third-order valence-electron chi connectivity index (χ3n) is 1.48. The smallest absolute Gasteiger partial charge is 0.0701 e. The molecule has 0 aromatic carbocycles. The van der Waals surface area contributed by atoms with Crippen molar-refractivity contribution in [2.45, 2.75) is 0 Å². The van der Waals surface area contributed by atoms with Crippen molar-refractivity contribution < 1.29 is 14.2 Å². The van der Waals surface area contributed by atoms with Crippen LogP contribution < -0.4 is 11.1 Å². The summed E-state index contributed by atoms with van der Waals surface area (Å²) in [4.78, 5) is 0. The quantitative estimate of drug-likeness (QED) is 0.353. The van der Waals surface area contributed by atoms with E-state index in [9.17, 15) is 0 Å². The molecule has 0 aliphatic heterocycles. The standard InChI is InChI=1S/C9H20N2O3S/c10-1-3-12-5-7-14-8-6-13-4-2-11-9-15/h9H,1-8,10H2,(H,11,15). The van der Waals surface area contributed by atoms with Crippen molar-refractivity contribution in [1.82, 2.24) is 5.32 Å². The minimum Gasteiger partial charge on any atom is -0.380 e. The summed E-state index contributed by atoms with van der Waals surface area (Å²) < 4.78 is 15.6. The van der Waals surface area contributed by atoms with Gasteiger partial charge in [-0.3, -0.25) is 0 Å². The fraction of sp³-hybridized carbons (Fsp3) is 0.889. The first-order valence-electron chi connectivity index (χ1n) is 5.02. The SMILES string of the molecule is NCCOCCOCCOCCNC=S. The summed E-state index contributed by atoms with van der Waals surface area (Å²) >= 11 is 4.58. The Hall–Kier alpha value is -0.270. The first-order chi connectivity index (χ1) is 7.41. The van der Waals surface area contributed by atoms with Crippen LogP contribution in [-0.4, -0.2) is 58.2 Å². The van der Waals surface area contributed by atoms with Crippen LogP contribution in [-0.2, 0) is 14.2 Å². The summed E-state index contributed by atoms with van der Waals surface area (Å²) in [6, 6.07) is 0. The Labute approximate surface area is 96.2 Å². The van der Waals surface area contributed by atoms with Crippen LogP contribution in [0.15, 0.2) is 0 Å². The molecule has 0 spiro atoms. The van der Waals surface area contributed by atoms with E-state index in [1.54, 1.807) is 0 Å². The first kappa shape index (κ1) is 14.7. The van der Waals surface area contributed by atoms with E-state index in [4.69, 9.17) is 19.9 Å². The summed E-state index contributed by atoms with van der Waals surface area (Å²) in [6.07, 6.45) is 0. The lowest BCUT2D eigenvalue weighted by molar-refractivity contribution is 0.0171. The van der Waals surface area contributed by atoms with Crippen LogP contribution in [0.4, 0.5) is 0 Å². The molecule has 0 heterocycles. The van der Waals surface area contributed by atoms with Crippen LogP contribution in [0.25, 0.3) is 0 Å².